The van der Waals surface area contributed by atoms with Gasteiger partial charge in [-0.25, -0.2) is 23.3 Å². The van der Waals surface area contributed by atoms with Crippen LogP contribution in [0.2, 0.25) is 0 Å². The zero-order valence-corrected chi connectivity index (χ0v) is 23.9. The summed E-state index contributed by atoms with van der Waals surface area (Å²) in [5, 5.41) is 8.28. The average Bonchev–Trinajstić information content (AvgIpc) is 3.57. The van der Waals surface area contributed by atoms with E-state index in [0.717, 1.165) is 24.8 Å². The van der Waals surface area contributed by atoms with Gasteiger partial charge in [0.2, 0.25) is 5.82 Å². The molecule has 1 aliphatic carbocycles. The van der Waals surface area contributed by atoms with E-state index in [2.05, 4.69) is 10.3 Å². The van der Waals surface area contributed by atoms with Gasteiger partial charge < -0.3 is 14.6 Å². The number of anilines is 1. The number of halogens is 2. The van der Waals surface area contributed by atoms with Gasteiger partial charge in [-0.2, -0.15) is 0 Å². The van der Waals surface area contributed by atoms with Gasteiger partial charge >= 0.3 is 0 Å². The molecule has 40 heavy (non-hydrogen) atoms. The minimum Gasteiger partial charge on any atom is -0.494 e. The highest BCUT2D eigenvalue weighted by molar-refractivity contribution is 5.99. The maximum Gasteiger partial charge on any atom is 0.218 e. The Kier molecular flexibility index (Phi) is 9.14. The number of methoxy groups -OCH3 is 1. The fraction of sp³-hybridized carbons (Fsp3) is 0.323. The van der Waals surface area contributed by atoms with Crippen molar-refractivity contribution >= 4 is 11.3 Å². The molecule has 3 aromatic heterocycles. The van der Waals surface area contributed by atoms with Crippen molar-refractivity contribution in [1.29, 1.82) is 0 Å². The van der Waals surface area contributed by atoms with Gasteiger partial charge in [0.15, 0.2) is 23.2 Å². The van der Waals surface area contributed by atoms with E-state index in [-0.39, 0.29) is 17.4 Å². The second-order valence-corrected chi connectivity index (χ2v) is 8.93. The average molecular weight is 547 g/mol. The first-order valence-electron chi connectivity index (χ1n) is 13.8. The first kappa shape index (κ1) is 28.7. The molecule has 1 N–H and O–H groups in total. The van der Waals surface area contributed by atoms with Crippen molar-refractivity contribution in [2.45, 2.75) is 53.0 Å². The topological polar surface area (TPSA) is 69.3 Å². The smallest absolute Gasteiger partial charge is 0.218 e. The quantitative estimate of drug-likeness (QED) is 0.236. The SMILES string of the molecule is CC.CC.COc1ccc(F)c(-c2cn3nc(-c4nccn4C)nc(NC4CCC4)c3c2-c2ccccc2)c1F. The molecule has 1 fully saturated rings. The molecule has 0 unspecified atom stereocenters. The van der Waals surface area contributed by atoms with Gasteiger partial charge in [-0.15, -0.1) is 5.10 Å². The molecule has 0 saturated heterocycles. The first-order chi connectivity index (χ1) is 19.5. The molecule has 0 spiro atoms. The van der Waals surface area contributed by atoms with E-state index in [9.17, 15) is 0 Å². The predicted octanol–water partition coefficient (Wildman–Crippen LogP) is 7.77. The lowest BCUT2D eigenvalue weighted by molar-refractivity contribution is 0.385. The first-order valence-corrected chi connectivity index (χ1v) is 13.8. The van der Waals surface area contributed by atoms with E-state index in [1.54, 1.807) is 16.9 Å². The standard InChI is InChI=1S/C27H24F2N6O.2C2H6/c1-34-14-13-30-27(34)26-32-25(31-17-9-6-10-17)24-21(16-7-4-3-5-8-16)18(15-35(24)33-26)22-19(28)11-12-20(36-2)23(22)29;2*1-2/h3-5,7-8,11-15,17H,6,9-10H2,1-2H3,(H,31,32,33);2*1-2H3. The number of aromatic nitrogens is 5. The highest BCUT2D eigenvalue weighted by atomic mass is 19.1. The Balaban J connectivity index is 0.000000886. The van der Waals surface area contributed by atoms with E-state index < -0.39 is 11.6 Å². The maximum atomic E-state index is 15.5. The third-order valence-electron chi connectivity index (χ3n) is 6.71. The van der Waals surface area contributed by atoms with Crippen LogP contribution in [0.5, 0.6) is 5.75 Å². The molecule has 2 aromatic carbocycles. The van der Waals surface area contributed by atoms with E-state index in [0.29, 0.717) is 34.1 Å². The summed E-state index contributed by atoms with van der Waals surface area (Å²) >= 11 is 0. The Bertz CT molecular complexity index is 1570. The summed E-state index contributed by atoms with van der Waals surface area (Å²) in [6, 6.07) is 12.3. The van der Waals surface area contributed by atoms with Crippen molar-refractivity contribution < 1.29 is 13.5 Å². The van der Waals surface area contributed by atoms with Crippen LogP contribution >= 0.6 is 0 Å². The number of fused-ring (bicyclic) bond motifs is 1. The molecule has 0 radical (unpaired) electrons. The fourth-order valence-electron chi connectivity index (χ4n) is 4.63. The molecule has 5 aromatic rings. The number of ether oxygens (including phenoxy) is 1. The van der Waals surface area contributed by atoms with E-state index in [4.69, 9.17) is 14.8 Å². The molecular formula is C31H36F2N6O. The Labute approximate surface area is 233 Å². The minimum atomic E-state index is -0.767. The summed E-state index contributed by atoms with van der Waals surface area (Å²) in [6.07, 6.45) is 8.35. The molecule has 0 aliphatic heterocycles. The van der Waals surface area contributed by atoms with Crippen molar-refractivity contribution in [2.24, 2.45) is 7.05 Å². The van der Waals surface area contributed by atoms with Gasteiger partial charge in [0.05, 0.1) is 12.7 Å². The predicted molar refractivity (Wildman–Crippen MR) is 156 cm³/mol. The van der Waals surface area contributed by atoms with Crippen LogP contribution < -0.4 is 10.1 Å². The maximum absolute atomic E-state index is 15.5. The number of nitrogens with zero attached hydrogens (tertiary/aromatic N) is 5. The molecule has 0 bridgehead atoms. The lowest BCUT2D eigenvalue weighted by atomic mass is 9.93. The second kappa shape index (κ2) is 12.7. The van der Waals surface area contributed by atoms with Crippen molar-refractivity contribution in [2.75, 3.05) is 12.4 Å². The highest BCUT2D eigenvalue weighted by Gasteiger charge is 2.28. The Morgan fingerprint density at radius 2 is 1.70 bits per heavy atom. The van der Waals surface area contributed by atoms with Crippen molar-refractivity contribution in [3.63, 3.8) is 0 Å². The van der Waals surface area contributed by atoms with E-state index in [1.165, 1.54) is 19.2 Å². The molecule has 1 saturated carbocycles. The molecular weight excluding hydrogens is 510 g/mol. The zero-order chi connectivity index (χ0) is 28.8. The monoisotopic (exact) mass is 546 g/mol. The fourth-order valence-corrected chi connectivity index (χ4v) is 4.63. The van der Waals surface area contributed by atoms with Gasteiger partial charge in [0.25, 0.3) is 0 Å². The minimum absolute atomic E-state index is 0.0340. The summed E-state index contributed by atoms with van der Waals surface area (Å²) in [7, 11) is 3.23. The summed E-state index contributed by atoms with van der Waals surface area (Å²) in [6.45, 7) is 8.00. The molecule has 0 amide bonds. The van der Waals surface area contributed by atoms with Crippen LogP contribution in [0.3, 0.4) is 0 Å². The summed E-state index contributed by atoms with van der Waals surface area (Å²) in [4.78, 5) is 9.26. The molecule has 6 rings (SSSR count). The molecule has 3 heterocycles. The third-order valence-corrected chi connectivity index (χ3v) is 6.71. The van der Waals surface area contributed by atoms with Crippen molar-refractivity contribution in [1.82, 2.24) is 24.1 Å². The molecule has 0 atom stereocenters. The largest absolute Gasteiger partial charge is 0.494 e. The van der Waals surface area contributed by atoms with Gasteiger partial charge in [0.1, 0.15) is 11.3 Å². The van der Waals surface area contributed by atoms with Crippen LogP contribution in [0.25, 0.3) is 39.4 Å². The van der Waals surface area contributed by atoms with E-state index in [1.807, 2.05) is 75.8 Å². The number of imidazole rings is 1. The van der Waals surface area contributed by atoms with Crippen LogP contribution in [0.15, 0.2) is 61.1 Å². The van der Waals surface area contributed by atoms with Crippen LogP contribution in [0, 0.1) is 11.6 Å². The number of hydrogen-bond donors (Lipinski definition) is 1. The highest BCUT2D eigenvalue weighted by Crippen LogP contribution is 2.43. The van der Waals surface area contributed by atoms with Gasteiger partial charge in [0, 0.05) is 42.8 Å². The van der Waals surface area contributed by atoms with Crippen molar-refractivity contribution in [3.8, 4) is 39.7 Å². The summed E-state index contributed by atoms with van der Waals surface area (Å²) in [5.41, 5.74) is 2.25. The Morgan fingerprint density at radius 3 is 2.30 bits per heavy atom. The summed E-state index contributed by atoms with van der Waals surface area (Å²) in [5.74, 6) is 0.103. The number of hydrogen-bond acceptors (Lipinski definition) is 5. The van der Waals surface area contributed by atoms with Crippen molar-refractivity contribution in [3.05, 3.63) is 72.7 Å². The van der Waals surface area contributed by atoms with Gasteiger partial charge in [-0.3, -0.25) is 0 Å². The normalized spacial score (nSPS) is 12.6. The van der Waals surface area contributed by atoms with Crippen LogP contribution in [-0.4, -0.2) is 37.3 Å². The Morgan fingerprint density at radius 1 is 0.975 bits per heavy atom. The molecule has 1 aliphatic rings. The van der Waals surface area contributed by atoms with Gasteiger partial charge in [-0.1, -0.05) is 58.0 Å². The third kappa shape index (κ3) is 5.28. The second-order valence-electron chi connectivity index (χ2n) is 8.93. The lowest BCUT2D eigenvalue weighted by Gasteiger charge is -2.27. The number of rotatable bonds is 6. The zero-order valence-electron chi connectivity index (χ0n) is 23.9. The van der Waals surface area contributed by atoms with Crippen LogP contribution in [0.1, 0.15) is 47.0 Å². The molecule has 7 nitrogen and oxygen atoms in total. The van der Waals surface area contributed by atoms with E-state index >= 15 is 8.78 Å². The number of nitrogens with one attached hydrogen (secondary N) is 1. The van der Waals surface area contributed by atoms with Crippen LogP contribution in [-0.2, 0) is 7.05 Å². The lowest BCUT2D eigenvalue weighted by Crippen LogP contribution is -2.28. The van der Waals surface area contributed by atoms with Crippen LogP contribution in [0.4, 0.5) is 14.6 Å². The molecule has 210 valence electrons. The number of benzene rings is 2. The van der Waals surface area contributed by atoms with Gasteiger partial charge in [-0.05, 0) is 37.0 Å². The summed E-state index contributed by atoms with van der Waals surface area (Å²) < 4.78 is 39.4. The number of aryl methyl sites for hydroxylation is 1. The Hall–Kier alpha value is -4.27. The molecule has 9 heteroatoms.